The van der Waals surface area contributed by atoms with Gasteiger partial charge in [-0.3, -0.25) is 4.98 Å². The maximum absolute atomic E-state index is 9.18. The molecule has 1 N–H and O–H groups in total. The van der Waals surface area contributed by atoms with E-state index in [9.17, 15) is 5.26 Å². The van der Waals surface area contributed by atoms with Crippen LogP contribution >= 0.6 is 0 Å². The fraction of sp³-hybridized carbons (Fsp3) is 0.333. The van der Waals surface area contributed by atoms with Crippen LogP contribution in [0.2, 0.25) is 0 Å². The third-order valence-corrected chi connectivity index (χ3v) is 3.71. The minimum absolute atomic E-state index is 0.627. The molecule has 0 radical (unpaired) electrons. The van der Waals surface area contributed by atoms with Crippen molar-refractivity contribution in [3.8, 4) is 6.07 Å². The monoisotopic (exact) mass is 237 g/mol. The van der Waals surface area contributed by atoms with Crippen LogP contribution in [0.25, 0.3) is 10.9 Å². The fourth-order valence-electron chi connectivity index (χ4n) is 2.33. The van der Waals surface area contributed by atoms with Gasteiger partial charge in [0.25, 0.3) is 0 Å². The van der Waals surface area contributed by atoms with Crippen molar-refractivity contribution < 1.29 is 0 Å². The molecule has 90 valence electrons. The first-order valence-corrected chi connectivity index (χ1v) is 6.31. The van der Waals surface area contributed by atoms with E-state index >= 15 is 0 Å². The molecule has 1 aromatic heterocycles. The molecule has 2 unspecified atom stereocenters. The van der Waals surface area contributed by atoms with Crippen LogP contribution in [0.1, 0.15) is 18.9 Å². The third kappa shape index (κ3) is 1.91. The number of anilines is 1. The Labute approximate surface area is 106 Å². The first kappa shape index (κ1) is 11.0. The SMILES string of the molecule is CC1CC1CNc1c(C#N)cnc2ccccc12. The highest BCUT2D eigenvalue weighted by molar-refractivity contribution is 5.93. The van der Waals surface area contributed by atoms with E-state index in [1.165, 1.54) is 6.42 Å². The summed E-state index contributed by atoms with van der Waals surface area (Å²) in [5.74, 6) is 1.57. The van der Waals surface area contributed by atoms with Crippen LogP contribution in [-0.2, 0) is 0 Å². The zero-order chi connectivity index (χ0) is 12.5. The third-order valence-electron chi connectivity index (χ3n) is 3.71. The Balaban J connectivity index is 1.98. The van der Waals surface area contributed by atoms with Crippen LogP contribution in [-0.4, -0.2) is 11.5 Å². The van der Waals surface area contributed by atoms with Gasteiger partial charge in [0.15, 0.2) is 0 Å². The Hall–Kier alpha value is -2.08. The number of aromatic nitrogens is 1. The lowest BCUT2D eigenvalue weighted by Crippen LogP contribution is -2.07. The van der Waals surface area contributed by atoms with E-state index < -0.39 is 0 Å². The standard InChI is InChI=1S/C15H15N3/c1-10-6-11(10)8-18-15-12(7-16)9-17-14-5-3-2-4-13(14)15/h2-5,9-11H,6,8H2,1H3,(H,17,18). The minimum atomic E-state index is 0.627. The van der Waals surface area contributed by atoms with Crippen molar-refractivity contribution in [2.75, 3.05) is 11.9 Å². The Morgan fingerprint density at radius 3 is 2.94 bits per heavy atom. The van der Waals surface area contributed by atoms with Crippen LogP contribution in [0.3, 0.4) is 0 Å². The van der Waals surface area contributed by atoms with Gasteiger partial charge in [-0.15, -0.1) is 0 Å². The van der Waals surface area contributed by atoms with Gasteiger partial charge in [0, 0.05) is 18.1 Å². The maximum Gasteiger partial charge on any atom is 0.103 e. The van der Waals surface area contributed by atoms with Crippen molar-refractivity contribution in [3.05, 3.63) is 36.0 Å². The second-order valence-electron chi connectivity index (χ2n) is 5.03. The Morgan fingerprint density at radius 1 is 1.44 bits per heavy atom. The van der Waals surface area contributed by atoms with Crippen molar-refractivity contribution in [1.29, 1.82) is 5.26 Å². The number of nitrogens with zero attached hydrogens (tertiary/aromatic N) is 2. The van der Waals surface area contributed by atoms with Crippen molar-refractivity contribution >= 4 is 16.6 Å². The summed E-state index contributed by atoms with van der Waals surface area (Å²) in [6.45, 7) is 3.21. The molecule has 0 spiro atoms. The number of hydrogen-bond donors (Lipinski definition) is 1. The molecule has 3 nitrogen and oxygen atoms in total. The summed E-state index contributed by atoms with van der Waals surface area (Å²) < 4.78 is 0. The van der Waals surface area contributed by atoms with Crippen LogP contribution in [0.15, 0.2) is 30.5 Å². The number of hydrogen-bond acceptors (Lipinski definition) is 3. The van der Waals surface area contributed by atoms with Crippen molar-refractivity contribution in [2.45, 2.75) is 13.3 Å². The summed E-state index contributed by atoms with van der Waals surface area (Å²) in [6, 6.07) is 10.2. The normalized spacial score (nSPS) is 21.6. The lowest BCUT2D eigenvalue weighted by molar-refractivity contribution is 0.787. The molecule has 3 heteroatoms. The number of pyridine rings is 1. The van der Waals surface area contributed by atoms with E-state index in [2.05, 4.69) is 23.3 Å². The molecule has 1 aliphatic carbocycles. The number of nitrogens with one attached hydrogen (secondary N) is 1. The van der Waals surface area contributed by atoms with Gasteiger partial charge >= 0.3 is 0 Å². The highest BCUT2D eigenvalue weighted by Crippen LogP contribution is 2.38. The van der Waals surface area contributed by atoms with E-state index in [-0.39, 0.29) is 0 Å². The molecule has 1 heterocycles. The minimum Gasteiger partial charge on any atom is -0.383 e. The number of nitriles is 1. The predicted molar refractivity (Wildman–Crippen MR) is 72.2 cm³/mol. The molecule has 0 aliphatic heterocycles. The van der Waals surface area contributed by atoms with Gasteiger partial charge in [0.2, 0.25) is 0 Å². The smallest absolute Gasteiger partial charge is 0.103 e. The average molecular weight is 237 g/mol. The molecule has 1 aromatic carbocycles. The largest absolute Gasteiger partial charge is 0.383 e. The van der Waals surface area contributed by atoms with E-state index in [0.29, 0.717) is 5.56 Å². The summed E-state index contributed by atoms with van der Waals surface area (Å²) in [5.41, 5.74) is 2.49. The molecule has 1 saturated carbocycles. The van der Waals surface area contributed by atoms with Crippen molar-refractivity contribution in [1.82, 2.24) is 4.98 Å². The second kappa shape index (κ2) is 4.30. The molecular formula is C15H15N3. The van der Waals surface area contributed by atoms with Gasteiger partial charge in [-0.05, 0) is 24.3 Å². The molecule has 2 aromatic rings. The molecule has 0 saturated heterocycles. The summed E-state index contributed by atoms with van der Waals surface area (Å²) in [4.78, 5) is 4.31. The first-order chi connectivity index (χ1) is 8.79. The average Bonchev–Trinajstić information content (AvgIpc) is 3.11. The van der Waals surface area contributed by atoms with Gasteiger partial charge in [-0.2, -0.15) is 5.26 Å². The molecular weight excluding hydrogens is 222 g/mol. The molecule has 1 aliphatic rings. The van der Waals surface area contributed by atoms with Gasteiger partial charge in [-0.1, -0.05) is 25.1 Å². The van der Waals surface area contributed by atoms with Crippen LogP contribution in [0.4, 0.5) is 5.69 Å². The molecule has 1 fully saturated rings. The van der Waals surface area contributed by atoms with E-state index in [1.54, 1.807) is 6.20 Å². The topological polar surface area (TPSA) is 48.7 Å². The predicted octanol–water partition coefficient (Wildman–Crippen LogP) is 3.17. The Morgan fingerprint density at radius 2 is 2.22 bits per heavy atom. The maximum atomic E-state index is 9.18. The number of para-hydroxylation sites is 1. The molecule has 18 heavy (non-hydrogen) atoms. The van der Waals surface area contributed by atoms with Crippen LogP contribution in [0, 0.1) is 23.2 Å². The highest BCUT2D eigenvalue weighted by Gasteiger charge is 2.32. The van der Waals surface area contributed by atoms with Gasteiger partial charge in [-0.25, -0.2) is 0 Å². The molecule has 0 amide bonds. The summed E-state index contributed by atoms with van der Waals surface area (Å²) >= 11 is 0. The second-order valence-corrected chi connectivity index (χ2v) is 5.03. The van der Waals surface area contributed by atoms with Gasteiger partial charge in [0.05, 0.1) is 16.8 Å². The first-order valence-electron chi connectivity index (χ1n) is 6.31. The molecule has 2 atom stereocenters. The number of rotatable bonds is 3. The quantitative estimate of drug-likeness (QED) is 0.892. The van der Waals surface area contributed by atoms with E-state index in [0.717, 1.165) is 35.0 Å². The van der Waals surface area contributed by atoms with E-state index in [4.69, 9.17) is 0 Å². The molecule has 3 rings (SSSR count). The summed E-state index contributed by atoms with van der Waals surface area (Å²) in [6.07, 6.45) is 2.94. The van der Waals surface area contributed by atoms with Gasteiger partial charge < -0.3 is 5.32 Å². The fourth-order valence-corrected chi connectivity index (χ4v) is 2.33. The highest BCUT2D eigenvalue weighted by atomic mass is 14.9. The van der Waals surface area contributed by atoms with Crippen molar-refractivity contribution in [2.24, 2.45) is 11.8 Å². The van der Waals surface area contributed by atoms with Gasteiger partial charge in [0.1, 0.15) is 6.07 Å². The lowest BCUT2D eigenvalue weighted by Gasteiger charge is -2.10. The van der Waals surface area contributed by atoms with Crippen LogP contribution < -0.4 is 5.32 Å². The summed E-state index contributed by atoms with van der Waals surface area (Å²) in [5, 5.41) is 13.7. The lowest BCUT2D eigenvalue weighted by atomic mass is 10.1. The molecule has 0 bridgehead atoms. The zero-order valence-corrected chi connectivity index (χ0v) is 10.4. The van der Waals surface area contributed by atoms with Crippen LogP contribution in [0.5, 0.6) is 0 Å². The number of fused-ring (bicyclic) bond motifs is 1. The summed E-state index contributed by atoms with van der Waals surface area (Å²) in [7, 11) is 0. The Kier molecular flexibility index (Phi) is 2.64. The van der Waals surface area contributed by atoms with Crippen molar-refractivity contribution in [3.63, 3.8) is 0 Å². The Bertz CT molecular complexity index is 627. The zero-order valence-electron chi connectivity index (χ0n) is 10.4. The number of benzene rings is 1. The van der Waals surface area contributed by atoms with E-state index in [1.807, 2.05) is 24.3 Å².